The van der Waals surface area contributed by atoms with Crippen LogP contribution < -0.4 is 10.6 Å². The van der Waals surface area contributed by atoms with Crippen molar-refractivity contribution in [3.63, 3.8) is 0 Å². The molecule has 2 aliphatic carbocycles. The Morgan fingerprint density at radius 1 is 1.32 bits per heavy atom. The molecule has 3 unspecified atom stereocenters. The summed E-state index contributed by atoms with van der Waals surface area (Å²) in [6.45, 7) is 10.3. The van der Waals surface area contributed by atoms with E-state index in [0.29, 0.717) is 23.5 Å². The number of guanidine groups is 1. The van der Waals surface area contributed by atoms with Gasteiger partial charge in [-0.05, 0) is 38.0 Å². The van der Waals surface area contributed by atoms with Crippen LogP contribution in [0.2, 0.25) is 0 Å². The van der Waals surface area contributed by atoms with E-state index in [1.807, 2.05) is 0 Å². The first-order valence-corrected chi connectivity index (χ1v) is 9.68. The lowest BCUT2D eigenvalue weighted by atomic mass is 9.57. The second-order valence-electron chi connectivity index (χ2n) is 8.48. The molecule has 25 heavy (non-hydrogen) atoms. The van der Waals surface area contributed by atoms with Crippen LogP contribution in [0, 0.1) is 16.7 Å². The molecule has 0 aromatic heterocycles. The smallest absolute Gasteiger partial charge is 0.191 e. The predicted molar refractivity (Wildman–Crippen MR) is 113 cm³/mol. The number of fused-ring (bicyclic) bond motifs is 1. The summed E-state index contributed by atoms with van der Waals surface area (Å²) in [6.07, 6.45) is 6.61. The Kier molecular flexibility index (Phi) is 7.42. The van der Waals surface area contributed by atoms with Crippen molar-refractivity contribution in [2.75, 3.05) is 33.4 Å². The number of hydrogen-bond donors (Lipinski definition) is 2. The molecule has 0 amide bonds. The van der Waals surface area contributed by atoms with Gasteiger partial charge in [0.25, 0.3) is 0 Å². The lowest BCUT2D eigenvalue weighted by Gasteiger charge is -2.55. The predicted octanol–water partition coefficient (Wildman–Crippen LogP) is 3.18. The van der Waals surface area contributed by atoms with Crippen LogP contribution in [0.25, 0.3) is 0 Å². The first-order chi connectivity index (χ1) is 11.5. The Bertz CT molecular complexity index is 466. The summed E-state index contributed by atoms with van der Waals surface area (Å²) in [6, 6.07) is 0.458. The Balaban J connectivity index is 0.00000225. The van der Waals surface area contributed by atoms with E-state index >= 15 is 0 Å². The molecule has 0 radical (unpaired) electrons. The zero-order valence-electron chi connectivity index (χ0n) is 16.3. The van der Waals surface area contributed by atoms with E-state index in [-0.39, 0.29) is 29.4 Å². The lowest BCUT2D eigenvalue weighted by Crippen LogP contribution is -2.68. The van der Waals surface area contributed by atoms with Gasteiger partial charge in [-0.3, -0.25) is 4.99 Å². The maximum Gasteiger partial charge on any atom is 0.191 e. The minimum absolute atomic E-state index is 0. The number of nitrogens with zero attached hydrogens (tertiary/aromatic N) is 1. The molecule has 1 aliphatic heterocycles. The lowest BCUT2D eigenvalue weighted by molar-refractivity contribution is -0.106. The number of nitrogens with one attached hydrogen (secondary N) is 2. The number of methoxy groups -OCH3 is 1. The highest BCUT2D eigenvalue weighted by atomic mass is 127. The fourth-order valence-corrected chi connectivity index (χ4v) is 4.81. The maximum atomic E-state index is 5.91. The zero-order chi connectivity index (χ0) is 17.2. The van der Waals surface area contributed by atoms with Crippen molar-refractivity contribution < 1.29 is 9.47 Å². The summed E-state index contributed by atoms with van der Waals surface area (Å²) in [4.78, 5) is 4.96. The highest BCUT2D eigenvalue weighted by Gasteiger charge is 2.59. The zero-order valence-corrected chi connectivity index (χ0v) is 18.6. The van der Waals surface area contributed by atoms with Crippen molar-refractivity contribution in [3.05, 3.63) is 0 Å². The van der Waals surface area contributed by atoms with Crippen molar-refractivity contribution in [1.29, 1.82) is 0 Å². The Hall–Kier alpha value is -0.0800. The number of rotatable bonds is 7. The molecule has 146 valence electrons. The average molecular weight is 465 g/mol. The van der Waals surface area contributed by atoms with E-state index < -0.39 is 0 Å². The van der Waals surface area contributed by atoms with Crippen LogP contribution in [0.4, 0.5) is 0 Å². The van der Waals surface area contributed by atoms with Crippen molar-refractivity contribution in [1.82, 2.24) is 10.6 Å². The minimum Gasteiger partial charge on any atom is -0.385 e. The highest BCUT2D eigenvalue weighted by molar-refractivity contribution is 14.0. The minimum atomic E-state index is 0. The van der Waals surface area contributed by atoms with Crippen molar-refractivity contribution in [3.8, 4) is 0 Å². The standard InChI is InChI=1S/C19H35N3O2.HI/c1-5-20-17(21-13-19(8-6-9-19)10-12-23-4)22-15-14-7-11-24-16(14)18(15,2)3;/h14-16H,5-13H2,1-4H3,(H2,20,21,22);1H. The molecule has 1 saturated heterocycles. The molecular formula is C19H36IN3O2. The van der Waals surface area contributed by atoms with Crippen LogP contribution in [-0.4, -0.2) is 51.5 Å². The molecule has 3 fully saturated rings. The molecule has 0 bridgehead atoms. The summed E-state index contributed by atoms with van der Waals surface area (Å²) < 4.78 is 11.2. The van der Waals surface area contributed by atoms with E-state index in [1.54, 1.807) is 7.11 Å². The van der Waals surface area contributed by atoms with Crippen LogP contribution >= 0.6 is 24.0 Å². The van der Waals surface area contributed by atoms with Crippen LogP contribution in [0.3, 0.4) is 0 Å². The SMILES string of the molecule is CCNC(=NCC1(CCOC)CCC1)NC1C2CCOC2C1(C)C.I. The summed E-state index contributed by atoms with van der Waals surface area (Å²) in [5, 5.41) is 7.16. The molecule has 6 heteroatoms. The van der Waals surface area contributed by atoms with Crippen molar-refractivity contribution in [2.45, 2.75) is 65.0 Å². The molecule has 0 spiro atoms. The van der Waals surface area contributed by atoms with Crippen LogP contribution in [0.1, 0.15) is 52.9 Å². The van der Waals surface area contributed by atoms with Gasteiger partial charge in [-0.25, -0.2) is 0 Å². The summed E-state index contributed by atoms with van der Waals surface area (Å²) in [7, 11) is 1.79. The summed E-state index contributed by atoms with van der Waals surface area (Å²) in [5.41, 5.74) is 0.550. The summed E-state index contributed by atoms with van der Waals surface area (Å²) >= 11 is 0. The van der Waals surface area contributed by atoms with Gasteiger partial charge in [-0.1, -0.05) is 20.3 Å². The summed E-state index contributed by atoms with van der Waals surface area (Å²) in [5.74, 6) is 1.61. The molecule has 0 aromatic carbocycles. The van der Waals surface area contributed by atoms with Gasteiger partial charge < -0.3 is 20.1 Å². The molecule has 3 atom stereocenters. The Morgan fingerprint density at radius 3 is 2.68 bits per heavy atom. The van der Waals surface area contributed by atoms with E-state index in [0.717, 1.165) is 38.7 Å². The van der Waals surface area contributed by atoms with Crippen LogP contribution in [0.5, 0.6) is 0 Å². The quantitative estimate of drug-likeness (QED) is 0.345. The maximum absolute atomic E-state index is 5.91. The largest absolute Gasteiger partial charge is 0.385 e. The Morgan fingerprint density at radius 2 is 2.08 bits per heavy atom. The first-order valence-electron chi connectivity index (χ1n) is 9.68. The molecule has 5 nitrogen and oxygen atoms in total. The van der Waals surface area contributed by atoms with Gasteiger partial charge in [0, 0.05) is 50.8 Å². The molecule has 1 heterocycles. The number of aliphatic imine (C=N–C) groups is 1. The molecular weight excluding hydrogens is 429 g/mol. The number of hydrogen-bond acceptors (Lipinski definition) is 3. The third-order valence-corrected chi connectivity index (χ3v) is 6.56. The molecule has 0 aromatic rings. The second-order valence-corrected chi connectivity index (χ2v) is 8.48. The van der Waals surface area contributed by atoms with Gasteiger partial charge in [0.2, 0.25) is 0 Å². The third-order valence-electron chi connectivity index (χ3n) is 6.56. The topological polar surface area (TPSA) is 54.9 Å². The number of halogens is 1. The second kappa shape index (κ2) is 8.74. The fourth-order valence-electron chi connectivity index (χ4n) is 4.81. The van der Waals surface area contributed by atoms with E-state index in [1.165, 1.54) is 25.7 Å². The van der Waals surface area contributed by atoms with E-state index in [2.05, 4.69) is 31.4 Å². The number of ether oxygens (including phenoxy) is 2. The van der Waals surface area contributed by atoms with Gasteiger partial charge >= 0.3 is 0 Å². The van der Waals surface area contributed by atoms with Gasteiger partial charge in [0.1, 0.15) is 0 Å². The Labute approximate surface area is 170 Å². The monoisotopic (exact) mass is 465 g/mol. The van der Waals surface area contributed by atoms with Crippen molar-refractivity contribution >= 4 is 29.9 Å². The van der Waals surface area contributed by atoms with Crippen LogP contribution in [-0.2, 0) is 9.47 Å². The van der Waals surface area contributed by atoms with Crippen LogP contribution in [0.15, 0.2) is 4.99 Å². The van der Waals surface area contributed by atoms with E-state index in [4.69, 9.17) is 14.5 Å². The molecule has 2 saturated carbocycles. The van der Waals surface area contributed by atoms with Gasteiger partial charge in [0.05, 0.1) is 6.10 Å². The van der Waals surface area contributed by atoms with E-state index in [9.17, 15) is 0 Å². The third kappa shape index (κ3) is 4.26. The van der Waals surface area contributed by atoms with Gasteiger partial charge in [0.15, 0.2) is 5.96 Å². The molecule has 2 N–H and O–H groups in total. The molecule has 3 aliphatic rings. The van der Waals surface area contributed by atoms with Gasteiger partial charge in [-0.2, -0.15) is 0 Å². The highest BCUT2D eigenvalue weighted by Crippen LogP contribution is 2.52. The average Bonchev–Trinajstić information content (AvgIpc) is 2.98. The fraction of sp³-hybridized carbons (Fsp3) is 0.947. The molecule has 3 rings (SSSR count). The van der Waals surface area contributed by atoms with Gasteiger partial charge in [-0.15, -0.1) is 24.0 Å². The normalized spacial score (nSPS) is 32.0. The first kappa shape index (κ1) is 21.2. The van der Waals surface area contributed by atoms with Crippen molar-refractivity contribution in [2.24, 2.45) is 21.7 Å².